The molecule has 0 aliphatic carbocycles. The summed E-state index contributed by atoms with van der Waals surface area (Å²) < 4.78 is 13.4. The van der Waals surface area contributed by atoms with Gasteiger partial charge < -0.3 is 0 Å². The van der Waals surface area contributed by atoms with Gasteiger partial charge in [0.25, 0.3) is 0 Å². The van der Waals surface area contributed by atoms with Gasteiger partial charge >= 0.3 is 0 Å². The second kappa shape index (κ2) is 2.82. The molecule has 0 unspecified atom stereocenters. The van der Waals surface area contributed by atoms with Crippen LogP contribution in [-0.2, 0) is 0 Å². The highest BCUT2D eigenvalue weighted by Gasteiger charge is 2.09. The second-order valence-electron chi connectivity index (χ2n) is 2.49. The van der Waals surface area contributed by atoms with Gasteiger partial charge in [-0.25, -0.2) is 4.39 Å². The molecule has 13 heavy (non-hydrogen) atoms. The van der Waals surface area contributed by atoms with Gasteiger partial charge in [-0.1, -0.05) is 0 Å². The number of nitrogens with one attached hydrogen (secondary N) is 1. The molecule has 0 aliphatic rings. The molecule has 0 atom stereocenters. The molecule has 0 spiro atoms. The van der Waals surface area contributed by atoms with Gasteiger partial charge in [-0.3, -0.25) is 5.10 Å². The molecule has 1 aromatic heterocycles. The van der Waals surface area contributed by atoms with Crippen LogP contribution in [-0.4, -0.2) is 10.2 Å². The maximum Gasteiger partial charge on any atom is 0.171 e. The third-order valence-corrected chi connectivity index (χ3v) is 2.31. The van der Waals surface area contributed by atoms with Gasteiger partial charge in [0.1, 0.15) is 11.9 Å². The lowest BCUT2D eigenvalue weighted by Crippen LogP contribution is -1.77. The first-order valence-electron chi connectivity index (χ1n) is 3.45. The van der Waals surface area contributed by atoms with Crippen LogP contribution in [0.15, 0.2) is 16.6 Å². The minimum absolute atomic E-state index is 0.266. The second-order valence-corrected chi connectivity index (χ2v) is 3.35. The van der Waals surface area contributed by atoms with E-state index in [9.17, 15) is 4.39 Å². The highest BCUT2D eigenvalue weighted by Crippen LogP contribution is 2.26. The summed E-state index contributed by atoms with van der Waals surface area (Å²) in [6, 6.07) is 4.52. The highest BCUT2D eigenvalue weighted by molar-refractivity contribution is 9.10. The molecule has 1 aromatic carbocycles. The topological polar surface area (TPSA) is 52.5 Å². The number of hydrogen-bond acceptors (Lipinski definition) is 2. The van der Waals surface area contributed by atoms with Crippen LogP contribution in [0.4, 0.5) is 4.39 Å². The van der Waals surface area contributed by atoms with Crippen molar-refractivity contribution in [1.82, 2.24) is 10.2 Å². The predicted octanol–water partition coefficient (Wildman–Crippen LogP) is 2.34. The smallest absolute Gasteiger partial charge is 0.171 e. The van der Waals surface area contributed by atoms with Crippen LogP contribution in [0.3, 0.4) is 0 Å². The molecule has 0 amide bonds. The zero-order chi connectivity index (χ0) is 9.42. The van der Waals surface area contributed by atoms with Gasteiger partial charge in [0.2, 0.25) is 0 Å². The number of aromatic amines is 1. The summed E-state index contributed by atoms with van der Waals surface area (Å²) in [7, 11) is 0. The van der Waals surface area contributed by atoms with Crippen molar-refractivity contribution >= 4 is 26.8 Å². The van der Waals surface area contributed by atoms with Crippen molar-refractivity contribution in [2.75, 3.05) is 0 Å². The number of H-pyrrole nitrogens is 1. The fraction of sp³-hybridized carbons (Fsp3) is 0. The number of fused-ring (bicyclic) bond motifs is 1. The number of benzene rings is 1. The quantitative estimate of drug-likeness (QED) is 0.768. The van der Waals surface area contributed by atoms with E-state index < -0.39 is 0 Å². The minimum Gasteiger partial charge on any atom is -0.276 e. The molecule has 64 valence electrons. The van der Waals surface area contributed by atoms with E-state index in [1.807, 2.05) is 6.07 Å². The van der Waals surface area contributed by atoms with Gasteiger partial charge in [0, 0.05) is 4.47 Å². The van der Waals surface area contributed by atoms with E-state index in [2.05, 4.69) is 26.1 Å². The monoisotopic (exact) mass is 239 g/mol. The van der Waals surface area contributed by atoms with E-state index in [4.69, 9.17) is 5.26 Å². The Bertz CT molecular complexity index is 512. The van der Waals surface area contributed by atoms with Crippen LogP contribution in [0.25, 0.3) is 10.9 Å². The van der Waals surface area contributed by atoms with Crippen molar-refractivity contribution in [2.45, 2.75) is 0 Å². The SMILES string of the molecule is N#Cc1n[nH]c2cc(F)cc(Br)c12. The zero-order valence-corrected chi connectivity index (χ0v) is 7.89. The molecule has 0 aliphatic heterocycles. The van der Waals surface area contributed by atoms with E-state index >= 15 is 0 Å². The van der Waals surface area contributed by atoms with Gasteiger partial charge in [0.15, 0.2) is 5.69 Å². The van der Waals surface area contributed by atoms with Gasteiger partial charge in [-0.05, 0) is 28.1 Å². The molecule has 0 fully saturated rings. The summed E-state index contributed by atoms with van der Waals surface area (Å²) >= 11 is 3.17. The Kier molecular flexibility index (Phi) is 1.78. The Balaban J connectivity index is 2.92. The average Bonchev–Trinajstić information content (AvgIpc) is 2.47. The Morgan fingerprint density at radius 1 is 1.54 bits per heavy atom. The third-order valence-electron chi connectivity index (χ3n) is 1.69. The van der Waals surface area contributed by atoms with Gasteiger partial charge in [-0.15, -0.1) is 0 Å². The van der Waals surface area contributed by atoms with Crippen molar-refractivity contribution in [1.29, 1.82) is 5.26 Å². The normalized spacial score (nSPS) is 10.2. The lowest BCUT2D eigenvalue weighted by atomic mass is 10.2. The van der Waals surface area contributed by atoms with Crippen LogP contribution in [0.2, 0.25) is 0 Å². The minimum atomic E-state index is -0.368. The standard InChI is InChI=1S/C8H3BrFN3/c9-5-1-4(10)2-6-8(5)7(3-11)13-12-6/h1-2H,(H,12,13). The van der Waals surface area contributed by atoms with Crippen LogP contribution >= 0.6 is 15.9 Å². The molecule has 1 N–H and O–H groups in total. The molecule has 1 heterocycles. The first-order chi connectivity index (χ1) is 6.22. The fourth-order valence-corrected chi connectivity index (χ4v) is 1.78. The maximum atomic E-state index is 12.8. The van der Waals surface area contributed by atoms with E-state index in [1.165, 1.54) is 12.1 Å². The number of halogens is 2. The van der Waals surface area contributed by atoms with E-state index in [-0.39, 0.29) is 11.5 Å². The first kappa shape index (κ1) is 8.20. The average molecular weight is 240 g/mol. The molecule has 2 aromatic rings. The summed E-state index contributed by atoms with van der Waals surface area (Å²) in [5.74, 6) is -0.368. The Labute approximate surface area is 81.3 Å². The molecular weight excluding hydrogens is 237 g/mol. The fourth-order valence-electron chi connectivity index (χ4n) is 1.16. The molecule has 0 bridgehead atoms. The number of hydrogen-bond donors (Lipinski definition) is 1. The van der Waals surface area contributed by atoms with Crippen LogP contribution < -0.4 is 0 Å². The van der Waals surface area contributed by atoms with E-state index in [0.717, 1.165) is 0 Å². The predicted molar refractivity (Wildman–Crippen MR) is 48.5 cm³/mol. The van der Waals surface area contributed by atoms with Crippen molar-refractivity contribution < 1.29 is 4.39 Å². The summed E-state index contributed by atoms with van der Waals surface area (Å²) in [6.07, 6.45) is 0. The number of nitrogens with zero attached hydrogens (tertiary/aromatic N) is 2. The number of aromatic nitrogens is 2. The van der Waals surface area contributed by atoms with Gasteiger partial charge in [-0.2, -0.15) is 10.4 Å². The highest BCUT2D eigenvalue weighted by atomic mass is 79.9. The first-order valence-corrected chi connectivity index (χ1v) is 4.25. The summed E-state index contributed by atoms with van der Waals surface area (Å²) in [5.41, 5.74) is 0.783. The van der Waals surface area contributed by atoms with Crippen LogP contribution in [0, 0.1) is 17.1 Å². The molecule has 3 nitrogen and oxygen atoms in total. The molecule has 0 saturated carbocycles. The molecule has 0 saturated heterocycles. The van der Waals surface area contributed by atoms with E-state index in [1.54, 1.807) is 0 Å². The van der Waals surface area contributed by atoms with Crippen LogP contribution in [0.1, 0.15) is 5.69 Å². The lowest BCUT2D eigenvalue weighted by Gasteiger charge is -1.93. The third kappa shape index (κ3) is 1.19. The molecule has 0 radical (unpaired) electrons. The van der Waals surface area contributed by atoms with Crippen molar-refractivity contribution in [2.24, 2.45) is 0 Å². The molecule has 2 rings (SSSR count). The maximum absolute atomic E-state index is 12.8. The van der Waals surface area contributed by atoms with Crippen molar-refractivity contribution in [3.8, 4) is 6.07 Å². The van der Waals surface area contributed by atoms with Gasteiger partial charge in [0.05, 0.1) is 10.9 Å². The molecule has 5 heteroatoms. The summed E-state index contributed by atoms with van der Waals surface area (Å²) in [5, 5.41) is 15.6. The Hall–Kier alpha value is -1.41. The number of nitriles is 1. The number of rotatable bonds is 0. The lowest BCUT2D eigenvalue weighted by molar-refractivity contribution is 0.628. The van der Waals surface area contributed by atoms with E-state index in [0.29, 0.717) is 15.4 Å². The Morgan fingerprint density at radius 3 is 3.00 bits per heavy atom. The molecular formula is C8H3BrFN3. The van der Waals surface area contributed by atoms with Crippen molar-refractivity contribution in [3.05, 3.63) is 28.1 Å². The Morgan fingerprint density at radius 2 is 2.31 bits per heavy atom. The van der Waals surface area contributed by atoms with Crippen LogP contribution in [0.5, 0.6) is 0 Å². The summed E-state index contributed by atoms with van der Waals surface area (Å²) in [6.45, 7) is 0. The largest absolute Gasteiger partial charge is 0.276 e. The zero-order valence-electron chi connectivity index (χ0n) is 6.31. The van der Waals surface area contributed by atoms with Crippen molar-refractivity contribution in [3.63, 3.8) is 0 Å². The summed E-state index contributed by atoms with van der Waals surface area (Å²) in [4.78, 5) is 0.